The number of rotatable bonds is 4. The highest BCUT2D eigenvalue weighted by atomic mass is 32.2. The molecule has 2 heterocycles. The summed E-state index contributed by atoms with van der Waals surface area (Å²) in [6.45, 7) is 0. The number of hydrogen-bond donors (Lipinski definition) is 2. The first-order chi connectivity index (χ1) is 11.4. The minimum Gasteiger partial charge on any atom is -0.321 e. The number of anilines is 1. The molecule has 3 rings (SSSR count). The predicted octanol–water partition coefficient (Wildman–Crippen LogP) is 1.50. The number of thiazole rings is 1. The highest BCUT2D eigenvalue weighted by molar-refractivity contribution is 7.89. The number of aromatic nitrogens is 3. The molecule has 0 aliphatic heterocycles. The van der Waals surface area contributed by atoms with Crippen LogP contribution >= 0.6 is 11.3 Å². The van der Waals surface area contributed by atoms with Gasteiger partial charge in [0.25, 0.3) is 5.91 Å². The van der Waals surface area contributed by atoms with Gasteiger partial charge in [-0.15, -0.1) is 11.3 Å². The van der Waals surface area contributed by atoms with Crippen LogP contribution in [0.15, 0.2) is 53.1 Å². The molecular weight excluding hydrogens is 350 g/mol. The van der Waals surface area contributed by atoms with E-state index < -0.39 is 15.9 Å². The number of nitrogens with two attached hydrogens (primary N) is 1. The second kappa shape index (κ2) is 6.43. The lowest BCUT2D eigenvalue weighted by Crippen LogP contribution is -2.14. The minimum absolute atomic E-state index is 0.0286. The van der Waals surface area contributed by atoms with Crippen LogP contribution in [-0.2, 0) is 10.0 Å². The van der Waals surface area contributed by atoms with Gasteiger partial charge in [-0.3, -0.25) is 14.8 Å². The van der Waals surface area contributed by atoms with Crippen molar-refractivity contribution >= 4 is 33.0 Å². The third-order valence-corrected chi connectivity index (χ3v) is 4.75. The standard InChI is InChI=1S/C14H11N5O3S2/c15-24(21,22)10-3-1-9(2-4-10)18-13(20)12-8-23-14(19-12)11-7-16-5-6-17-11/h1-8H,(H,18,20)(H2,15,21,22). The van der Waals surface area contributed by atoms with Crippen LogP contribution < -0.4 is 10.5 Å². The van der Waals surface area contributed by atoms with Gasteiger partial charge in [-0.25, -0.2) is 18.5 Å². The zero-order chi connectivity index (χ0) is 17.2. The molecule has 0 fully saturated rings. The fourth-order valence-corrected chi connectivity index (χ4v) is 3.10. The summed E-state index contributed by atoms with van der Waals surface area (Å²) < 4.78 is 22.4. The van der Waals surface area contributed by atoms with Gasteiger partial charge in [0.1, 0.15) is 16.4 Å². The van der Waals surface area contributed by atoms with Crippen molar-refractivity contribution in [2.75, 3.05) is 5.32 Å². The molecule has 0 atom stereocenters. The topological polar surface area (TPSA) is 128 Å². The van der Waals surface area contributed by atoms with Gasteiger partial charge >= 0.3 is 0 Å². The lowest BCUT2D eigenvalue weighted by Gasteiger charge is -2.04. The fraction of sp³-hybridized carbons (Fsp3) is 0. The van der Waals surface area contributed by atoms with Crippen LogP contribution in [-0.4, -0.2) is 29.3 Å². The molecule has 0 bridgehead atoms. The largest absolute Gasteiger partial charge is 0.321 e. The van der Waals surface area contributed by atoms with Gasteiger partial charge in [-0.2, -0.15) is 0 Å². The van der Waals surface area contributed by atoms with E-state index in [0.29, 0.717) is 16.4 Å². The van der Waals surface area contributed by atoms with Crippen LogP contribution in [0.1, 0.15) is 10.5 Å². The van der Waals surface area contributed by atoms with Crippen LogP contribution in [0, 0.1) is 0 Å². The van der Waals surface area contributed by atoms with Crippen molar-refractivity contribution in [1.29, 1.82) is 0 Å². The number of primary sulfonamides is 1. The SMILES string of the molecule is NS(=O)(=O)c1ccc(NC(=O)c2csc(-c3cnccn3)n2)cc1. The molecule has 0 unspecified atom stereocenters. The van der Waals surface area contributed by atoms with Gasteiger partial charge in [-0.05, 0) is 24.3 Å². The lowest BCUT2D eigenvalue weighted by molar-refractivity contribution is 0.102. The lowest BCUT2D eigenvalue weighted by atomic mass is 10.3. The zero-order valence-electron chi connectivity index (χ0n) is 12.1. The predicted molar refractivity (Wildman–Crippen MR) is 88.9 cm³/mol. The zero-order valence-corrected chi connectivity index (χ0v) is 13.7. The minimum atomic E-state index is -3.76. The van der Waals surface area contributed by atoms with Crippen LogP contribution in [0.25, 0.3) is 10.7 Å². The van der Waals surface area contributed by atoms with Gasteiger partial charge in [0.05, 0.1) is 11.1 Å². The van der Waals surface area contributed by atoms with E-state index in [1.165, 1.54) is 35.6 Å². The molecule has 0 saturated carbocycles. The summed E-state index contributed by atoms with van der Waals surface area (Å²) in [7, 11) is -3.76. The van der Waals surface area contributed by atoms with E-state index in [2.05, 4.69) is 20.3 Å². The van der Waals surface area contributed by atoms with Gasteiger partial charge in [0, 0.05) is 23.5 Å². The maximum absolute atomic E-state index is 12.2. The van der Waals surface area contributed by atoms with Gasteiger partial charge in [-0.1, -0.05) is 0 Å². The van der Waals surface area contributed by atoms with E-state index in [1.807, 2.05) is 0 Å². The Morgan fingerprint density at radius 2 is 1.92 bits per heavy atom. The third kappa shape index (κ3) is 3.62. The maximum Gasteiger partial charge on any atom is 0.275 e. The molecule has 8 nitrogen and oxygen atoms in total. The Labute approximate surface area is 141 Å². The van der Waals surface area contributed by atoms with Crippen molar-refractivity contribution < 1.29 is 13.2 Å². The molecule has 10 heteroatoms. The first-order valence-electron chi connectivity index (χ1n) is 6.59. The summed E-state index contributed by atoms with van der Waals surface area (Å²) in [6.07, 6.45) is 4.66. The Kier molecular flexibility index (Phi) is 4.34. The number of nitrogens with zero attached hydrogens (tertiary/aromatic N) is 3. The third-order valence-electron chi connectivity index (χ3n) is 2.96. The summed E-state index contributed by atoms with van der Waals surface area (Å²) in [5, 5.41) is 9.85. The molecule has 1 amide bonds. The number of hydrogen-bond acceptors (Lipinski definition) is 7. The Hall–Kier alpha value is -2.69. The Morgan fingerprint density at radius 3 is 2.54 bits per heavy atom. The van der Waals surface area contributed by atoms with Gasteiger partial charge in [0.15, 0.2) is 0 Å². The molecule has 1 aromatic carbocycles. The van der Waals surface area contributed by atoms with E-state index in [0.717, 1.165) is 0 Å². The van der Waals surface area contributed by atoms with Crippen LogP contribution in [0.5, 0.6) is 0 Å². The summed E-state index contributed by atoms with van der Waals surface area (Å²) >= 11 is 1.28. The molecule has 0 spiro atoms. The van der Waals surface area contributed by atoms with E-state index in [4.69, 9.17) is 5.14 Å². The van der Waals surface area contributed by atoms with Crippen molar-refractivity contribution in [3.63, 3.8) is 0 Å². The second-order valence-electron chi connectivity index (χ2n) is 4.65. The molecular formula is C14H11N5O3S2. The molecule has 3 N–H and O–H groups in total. The van der Waals surface area contributed by atoms with E-state index in [9.17, 15) is 13.2 Å². The molecule has 0 aliphatic carbocycles. The van der Waals surface area contributed by atoms with E-state index >= 15 is 0 Å². The van der Waals surface area contributed by atoms with Crippen molar-refractivity contribution in [1.82, 2.24) is 15.0 Å². The molecule has 24 heavy (non-hydrogen) atoms. The van der Waals surface area contributed by atoms with Crippen LogP contribution in [0.3, 0.4) is 0 Å². The molecule has 2 aromatic heterocycles. The van der Waals surface area contributed by atoms with E-state index in [1.54, 1.807) is 24.0 Å². The van der Waals surface area contributed by atoms with Crippen molar-refractivity contribution in [3.05, 3.63) is 53.9 Å². The fourth-order valence-electron chi connectivity index (χ4n) is 1.83. The smallest absolute Gasteiger partial charge is 0.275 e. The van der Waals surface area contributed by atoms with E-state index in [-0.39, 0.29) is 10.6 Å². The van der Waals surface area contributed by atoms with Crippen LogP contribution in [0.4, 0.5) is 5.69 Å². The van der Waals surface area contributed by atoms with Gasteiger partial charge < -0.3 is 5.32 Å². The summed E-state index contributed by atoms with van der Waals surface area (Å²) in [4.78, 5) is 24.5. The molecule has 0 saturated heterocycles. The Balaban J connectivity index is 1.75. The maximum atomic E-state index is 12.2. The first kappa shape index (κ1) is 16.2. The quantitative estimate of drug-likeness (QED) is 0.725. The van der Waals surface area contributed by atoms with Crippen LogP contribution in [0.2, 0.25) is 0 Å². The second-order valence-corrected chi connectivity index (χ2v) is 7.07. The number of carbonyl (C=O) groups excluding carboxylic acids is 1. The molecule has 3 aromatic rings. The monoisotopic (exact) mass is 361 g/mol. The van der Waals surface area contributed by atoms with Gasteiger partial charge in [0.2, 0.25) is 10.0 Å². The number of carbonyl (C=O) groups is 1. The molecule has 0 aliphatic rings. The van der Waals surface area contributed by atoms with Crippen molar-refractivity contribution in [2.45, 2.75) is 4.90 Å². The average Bonchev–Trinajstić information content (AvgIpc) is 3.05. The number of sulfonamides is 1. The van der Waals surface area contributed by atoms with Crippen molar-refractivity contribution in [2.24, 2.45) is 5.14 Å². The summed E-state index contributed by atoms with van der Waals surface area (Å²) in [5.41, 5.74) is 1.25. The normalized spacial score (nSPS) is 11.2. The van der Waals surface area contributed by atoms with Crippen molar-refractivity contribution in [3.8, 4) is 10.7 Å². The summed E-state index contributed by atoms with van der Waals surface area (Å²) in [5.74, 6) is -0.412. The average molecular weight is 361 g/mol. The Bertz CT molecular complexity index is 969. The number of nitrogens with one attached hydrogen (secondary N) is 1. The first-order valence-corrected chi connectivity index (χ1v) is 9.02. The molecule has 122 valence electrons. The Morgan fingerprint density at radius 1 is 1.17 bits per heavy atom. The summed E-state index contributed by atoms with van der Waals surface area (Å²) in [6, 6.07) is 5.54. The highest BCUT2D eigenvalue weighted by Crippen LogP contribution is 2.21. The number of amides is 1. The number of benzene rings is 1. The molecule has 0 radical (unpaired) electrons. The highest BCUT2D eigenvalue weighted by Gasteiger charge is 2.13.